The minimum atomic E-state index is -4.64. The van der Waals surface area contributed by atoms with Gasteiger partial charge in [0, 0.05) is 23.7 Å². The molecule has 7 nitrogen and oxygen atoms in total. The predicted molar refractivity (Wildman–Crippen MR) is 99.5 cm³/mol. The standard InChI is InChI=1S/C19H18F3N3O4/c1-3-24(18(27)13-8-9-16(25(28)29)12(2)10-13)11-17(26)23-15-7-5-4-6-14(15)19(20,21)22/h4-10H,3,11H2,1-2H3,(H,23,26). The maximum Gasteiger partial charge on any atom is 0.418 e. The first-order chi connectivity index (χ1) is 13.5. The van der Waals surface area contributed by atoms with Crippen molar-refractivity contribution in [1.29, 1.82) is 0 Å². The Morgan fingerprint density at radius 3 is 2.38 bits per heavy atom. The van der Waals surface area contributed by atoms with Crippen LogP contribution in [0.15, 0.2) is 42.5 Å². The van der Waals surface area contributed by atoms with Gasteiger partial charge in [0.25, 0.3) is 11.6 Å². The number of halogens is 3. The van der Waals surface area contributed by atoms with Crippen LogP contribution in [0.4, 0.5) is 24.5 Å². The number of nitro benzene ring substituents is 1. The van der Waals surface area contributed by atoms with Gasteiger partial charge in [0.05, 0.1) is 16.2 Å². The molecule has 0 aliphatic carbocycles. The Balaban J connectivity index is 2.16. The molecule has 2 amide bonds. The number of amides is 2. The Bertz CT molecular complexity index is 945. The smallest absolute Gasteiger partial charge is 0.330 e. The van der Waals surface area contributed by atoms with Crippen molar-refractivity contribution in [3.05, 3.63) is 69.3 Å². The van der Waals surface area contributed by atoms with Gasteiger partial charge in [-0.05, 0) is 38.1 Å². The molecule has 0 aliphatic rings. The number of aryl methyl sites for hydroxylation is 1. The first-order valence-electron chi connectivity index (χ1n) is 8.55. The molecular weight excluding hydrogens is 391 g/mol. The molecule has 0 atom stereocenters. The van der Waals surface area contributed by atoms with E-state index in [9.17, 15) is 32.9 Å². The van der Waals surface area contributed by atoms with Crippen LogP contribution in [0.3, 0.4) is 0 Å². The third-order valence-electron chi connectivity index (χ3n) is 4.15. The summed E-state index contributed by atoms with van der Waals surface area (Å²) >= 11 is 0. The number of alkyl halides is 3. The van der Waals surface area contributed by atoms with Crippen LogP contribution in [0.2, 0.25) is 0 Å². The lowest BCUT2D eigenvalue weighted by atomic mass is 10.1. The quantitative estimate of drug-likeness (QED) is 0.576. The monoisotopic (exact) mass is 409 g/mol. The highest BCUT2D eigenvalue weighted by atomic mass is 19.4. The number of nitro groups is 1. The maximum absolute atomic E-state index is 13.0. The third-order valence-corrected chi connectivity index (χ3v) is 4.15. The van der Waals surface area contributed by atoms with Crippen molar-refractivity contribution in [1.82, 2.24) is 4.90 Å². The molecule has 29 heavy (non-hydrogen) atoms. The van der Waals surface area contributed by atoms with E-state index in [0.717, 1.165) is 17.0 Å². The zero-order chi connectivity index (χ0) is 21.8. The number of carbonyl (C=O) groups is 2. The summed E-state index contributed by atoms with van der Waals surface area (Å²) in [5, 5.41) is 13.1. The molecule has 0 spiro atoms. The normalized spacial score (nSPS) is 11.1. The number of nitrogens with zero attached hydrogens (tertiary/aromatic N) is 2. The predicted octanol–water partition coefficient (Wildman–Crippen LogP) is 4.02. The number of carbonyl (C=O) groups excluding carboxylic acids is 2. The van der Waals surface area contributed by atoms with Crippen molar-refractivity contribution in [2.75, 3.05) is 18.4 Å². The Hall–Kier alpha value is -3.43. The van der Waals surface area contributed by atoms with Gasteiger partial charge in [-0.15, -0.1) is 0 Å². The topological polar surface area (TPSA) is 92.6 Å². The van der Waals surface area contributed by atoms with E-state index in [0.29, 0.717) is 0 Å². The average molecular weight is 409 g/mol. The third kappa shape index (κ3) is 5.31. The summed E-state index contributed by atoms with van der Waals surface area (Å²) in [7, 11) is 0. The summed E-state index contributed by atoms with van der Waals surface area (Å²) < 4.78 is 39.1. The van der Waals surface area contributed by atoms with Crippen LogP contribution in [0, 0.1) is 17.0 Å². The van der Waals surface area contributed by atoms with Crippen molar-refractivity contribution in [2.24, 2.45) is 0 Å². The maximum atomic E-state index is 13.0. The first-order valence-corrected chi connectivity index (χ1v) is 8.55. The summed E-state index contributed by atoms with van der Waals surface area (Å²) in [4.78, 5) is 36.3. The molecule has 0 radical (unpaired) electrons. The molecule has 0 fully saturated rings. The van der Waals surface area contributed by atoms with Crippen molar-refractivity contribution >= 4 is 23.2 Å². The number of nitrogens with one attached hydrogen (secondary N) is 1. The summed E-state index contributed by atoms with van der Waals surface area (Å²) in [5.41, 5.74) is -1.13. The fraction of sp³-hybridized carbons (Fsp3) is 0.263. The van der Waals surface area contributed by atoms with Gasteiger partial charge < -0.3 is 10.2 Å². The number of likely N-dealkylation sites (N-methyl/N-ethyl adjacent to an activating group) is 1. The number of anilines is 1. The van der Waals surface area contributed by atoms with Crippen LogP contribution >= 0.6 is 0 Å². The van der Waals surface area contributed by atoms with Gasteiger partial charge in [0.1, 0.15) is 6.54 Å². The molecule has 0 aromatic heterocycles. The number of hydrogen-bond acceptors (Lipinski definition) is 4. The average Bonchev–Trinajstić information content (AvgIpc) is 2.64. The molecule has 154 valence electrons. The van der Waals surface area contributed by atoms with Crippen LogP contribution in [-0.2, 0) is 11.0 Å². The molecule has 0 heterocycles. The molecule has 0 bridgehead atoms. The largest absolute Gasteiger partial charge is 0.418 e. The molecule has 0 saturated heterocycles. The molecule has 0 aliphatic heterocycles. The lowest BCUT2D eigenvalue weighted by Crippen LogP contribution is -2.38. The van der Waals surface area contributed by atoms with Gasteiger partial charge in [-0.2, -0.15) is 13.2 Å². The van der Waals surface area contributed by atoms with Gasteiger partial charge in [0.15, 0.2) is 0 Å². The fourth-order valence-electron chi connectivity index (χ4n) is 2.71. The molecule has 0 unspecified atom stereocenters. The molecule has 0 saturated carbocycles. The molecule has 2 aromatic carbocycles. The van der Waals surface area contributed by atoms with Crippen LogP contribution in [-0.4, -0.2) is 34.7 Å². The van der Waals surface area contributed by atoms with Gasteiger partial charge in [-0.3, -0.25) is 19.7 Å². The highest BCUT2D eigenvalue weighted by Crippen LogP contribution is 2.34. The number of benzene rings is 2. The van der Waals surface area contributed by atoms with Gasteiger partial charge in [-0.25, -0.2) is 0 Å². The van der Waals surface area contributed by atoms with E-state index in [2.05, 4.69) is 5.32 Å². The fourth-order valence-corrected chi connectivity index (χ4v) is 2.71. The van der Waals surface area contributed by atoms with Crippen LogP contribution in [0.5, 0.6) is 0 Å². The van der Waals surface area contributed by atoms with Crippen LogP contribution < -0.4 is 5.32 Å². The van der Waals surface area contributed by atoms with Crippen molar-refractivity contribution in [2.45, 2.75) is 20.0 Å². The minimum Gasteiger partial charge on any atom is -0.330 e. The van der Waals surface area contributed by atoms with E-state index in [4.69, 9.17) is 0 Å². The zero-order valence-electron chi connectivity index (χ0n) is 15.6. The Kier molecular flexibility index (Phi) is 6.57. The van der Waals surface area contributed by atoms with E-state index in [-0.39, 0.29) is 23.4 Å². The lowest BCUT2D eigenvalue weighted by molar-refractivity contribution is -0.385. The second-order valence-corrected chi connectivity index (χ2v) is 6.17. The summed E-state index contributed by atoms with van der Waals surface area (Å²) in [6.07, 6.45) is -4.64. The summed E-state index contributed by atoms with van der Waals surface area (Å²) in [6, 6.07) is 8.32. The SMILES string of the molecule is CCN(CC(=O)Nc1ccccc1C(F)(F)F)C(=O)c1ccc([N+](=O)[O-])c(C)c1. The van der Waals surface area contributed by atoms with Gasteiger partial charge in [0.2, 0.25) is 5.91 Å². The van der Waals surface area contributed by atoms with E-state index in [1.807, 2.05) is 0 Å². The van der Waals surface area contributed by atoms with E-state index < -0.39 is 40.7 Å². The number of para-hydroxylation sites is 1. The molecule has 2 rings (SSSR count). The zero-order valence-corrected chi connectivity index (χ0v) is 15.6. The molecule has 1 N–H and O–H groups in total. The number of hydrogen-bond donors (Lipinski definition) is 1. The second-order valence-electron chi connectivity index (χ2n) is 6.17. The van der Waals surface area contributed by atoms with Crippen molar-refractivity contribution in [3.8, 4) is 0 Å². The molecular formula is C19H18F3N3O4. The first kappa shape index (κ1) is 21.9. The van der Waals surface area contributed by atoms with Crippen LogP contribution in [0.1, 0.15) is 28.4 Å². The van der Waals surface area contributed by atoms with Crippen molar-refractivity contribution in [3.63, 3.8) is 0 Å². The molecule has 10 heteroatoms. The molecule has 2 aromatic rings. The summed E-state index contributed by atoms with van der Waals surface area (Å²) in [5.74, 6) is -1.36. The Morgan fingerprint density at radius 2 is 1.83 bits per heavy atom. The van der Waals surface area contributed by atoms with E-state index >= 15 is 0 Å². The highest BCUT2D eigenvalue weighted by Gasteiger charge is 2.33. The number of rotatable bonds is 6. The Morgan fingerprint density at radius 1 is 1.17 bits per heavy atom. The highest BCUT2D eigenvalue weighted by molar-refractivity contribution is 5.99. The minimum absolute atomic E-state index is 0.114. The van der Waals surface area contributed by atoms with E-state index in [1.165, 1.54) is 37.3 Å². The van der Waals surface area contributed by atoms with Crippen LogP contribution in [0.25, 0.3) is 0 Å². The summed E-state index contributed by atoms with van der Waals surface area (Å²) in [6.45, 7) is 2.72. The van der Waals surface area contributed by atoms with Crippen molar-refractivity contribution < 1.29 is 27.7 Å². The Labute approximate surface area is 164 Å². The van der Waals surface area contributed by atoms with Gasteiger partial charge >= 0.3 is 6.18 Å². The second kappa shape index (κ2) is 8.72. The van der Waals surface area contributed by atoms with Gasteiger partial charge in [-0.1, -0.05) is 12.1 Å². The lowest BCUT2D eigenvalue weighted by Gasteiger charge is -2.21. The van der Waals surface area contributed by atoms with E-state index in [1.54, 1.807) is 6.92 Å².